The molecule has 35 heavy (non-hydrogen) atoms. The van der Waals surface area contributed by atoms with E-state index in [9.17, 15) is 0 Å². The number of benzene rings is 5. The Morgan fingerprint density at radius 3 is 1.71 bits per heavy atom. The predicted molar refractivity (Wildman–Crippen MR) is 149 cm³/mol. The largest absolute Gasteiger partial charge is 0.344 e. The molecule has 0 bridgehead atoms. The quantitative estimate of drug-likeness (QED) is 0.283. The van der Waals surface area contributed by atoms with E-state index in [1.807, 2.05) is 0 Å². The summed E-state index contributed by atoms with van der Waals surface area (Å²) in [4.78, 5) is 0. The molecule has 0 aromatic heterocycles. The summed E-state index contributed by atoms with van der Waals surface area (Å²) < 4.78 is 0. The van der Waals surface area contributed by atoms with Gasteiger partial charge in [0.25, 0.3) is 0 Å². The molecule has 1 aliphatic rings. The van der Waals surface area contributed by atoms with Crippen LogP contribution in [0.5, 0.6) is 0 Å². The van der Waals surface area contributed by atoms with Crippen molar-refractivity contribution in [2.24, 2.45) is 0 Å². The van der Waals surface area contributed by atoms with E-state index in [0.717, 1.165) is 12.8 Å². The van der Waals surface area contributed by atoms with E-state index in [1.165, 1.54) is 50.1 Å². The maximum Gasteiger partial charge on any atom is 0.0259 e. The molecule has 5 aromatic rings. The molecule has 0 aliphatic heterocycles. The van der Waals surface area contributed by atoms with Gasteiger partial charge in [-0.15, -0.1) is 0 Å². The molecule has 1 heteroatoms. The van der Waals surface area contributed by atoms with Crippen LogP contribution in [0.3, 0.4) is 0 Å². The molecule has 1 aliphatic carbocycles. The van der Waals surface area contributed by atoms with Crippen LogP contribution in [0.4, 0.5) is 0 Å². The first-order valence-corrected chi connectivity index (χ1v) is 12.2. The summed E-state index contributed by atoms with van der Waals surface area (Å²) in [7, 11) is 0. The van der Waals surface area contributed by atoms with E-state index in [-0.39, 0.29) is 11.6 Å². The summed E-state index contributed by atoms with van der Waals surface area (Å²) in [5.74, 6) is 0. The number of rotatable bonds is 5. The molecule has 5 aromatic carbocycles. The van der Waals surface area contributed by atoms with Crippen LogP contribution in [0.2, 0.25) is 0 Å². The minimum atomic E-state index is -0.0801. The molecule has 6 rings (SSSR count). The first-order valence-electron chi connectivity index (χ1n) is 12.2. The third kappa shape index (κ3) is 3.69. The van der Waals surface area contributed by atoms with Gasteiger partial charge in [0.2, 0.25) is 0 Å². The first-order chi connectivity index (χ1) is 16.8. The lowest BCUT2D eigenvalue weighted by molar-refractivity contribution is 0.506. The number of hydrogen-bond acceptors (Lipinski definition) is 1. The van der Waals surface area contributed by atoms with Crippen LogP contribution in [0, 0.1) is 0 Å². The van der Waals surface area contributed by atoms with Crippen molar-refractivity contribution in [2.75, 3.05) is 0 Å². The van der Waals surface area contributed by atoms with Crippen LogP contribution in [-0.2, 0) is 11.8 Å². The maximum absolute atomic E-state index is 2.37. The molecule has 1 nitrogen and oxygen atoms in total. The second-order valence-corrected chi connectivity index (χ2v) is 9.29. The van der Waals surface area contributed by atoms with Gasteiger partial charge in [0.05, 0.1) is 0 Å². The van der Waals surface area contributed by atoms with Crippen LogP contribution in [0.15, 0.2) is 127 Å². The third-order valence-electron chi connectivity index (χ3n) is 7.52. The van der Waals surface area contributed by atoms with Crippen molar-refractivity contribution in [3.63, 3.8) is 0 Å². The van der Waals surface area contributed by atoms with E-state index < -0.39 is 0 Å². The normalized spacial score (nSPS) is 15.7. The van der Waals surface area contributed by atoms with Gasteiger partial charge in [-0.2, -0.15) is 0 Å². The maximum atomic E-state index is 2.37. The average molecular weight is 454 g/mol. The topological polar surface area (TPSA) is 35.0 Å². The zero-order valence-corrected chi connectivity index (χ0v) is 20.2. The zero-order chi connectivity index (χ0) is 23.0. The summed E-state index contributed by atoms with van der Waals surface area (Å²) in [6.07, 6.45) is 2.04. The van der Waals surface area contributed by atoms with E-state index in [4.69, 9.17) is 0 Å². The van der Waals surface area contributed by atoms with Crippen molar-refractivity contribution >= 4 is 0 Å². The summed E-state index contributed by atoms with van der Waals surface area (Å²) >= 11 is 0. The molecule has 0 fully saturated rings. The highest BCUT2D eigenvalue weighted by Gasteiger charge is 2.44. The standard InChI is InChI=1S/C34H28.H3N/c1-2-34(24-25-14-6-3-7-15-25)31-21-13-12-20-29(31)30-23-22-28(26-16-8-4-9-17-26)32(33(30)34)27-18-10-5-11-19-27;/h3-23H,2,24H2,1H3;1H3. The van der Waals surface area contributed by atoms with Gasteiger partial charge in [0, 0.05) is 5.41 Å². The summed E-state index contributed by atoms with van der Waals surface area (Å²) in [5, 5.41) is 0. The molecule has 0 spiro atoms. The molecule has 0 heterocycles. The fraction of sp³-hybridized carbons (Fsp3) is 0.118. The van der Waals surface area contributed by atoms with Crippen molar-refractivity contribution in [1.82, 2.24) is 6.15 Å². The Bertz CT molecular complexity index is 1440. The first kappa shape index (κ1) is 22.8. The molecule has 3 N–H and O–H groups in total. The van der Waals surface area contributed by atoms with E-state index >= 15 is 0 Å². The Balaban J connectivity index is 0.00000253. The van der Waals surface area contributed by atoms with Gasteiger partial charge in [-0.1, -0.05) is 134 Å². The van der Waals surface area contributed by atoms with Crippen molar-refractivity contribution in [3.05, 3.63) is 144 Å². The molecule has 0 saturated heterocycles. The van der Waals surface area contributed by atoms with Gasteiger partial charge in [0.1, 0.15) is 0 Å². The van der Waals surface area contributed by atoms with Crippen LogP contribution in [0.25, 0.3) is 33.4 Å². The Labute approximate surface area is 208 Å². The summed E-state index contributed by atoms with van der Waals surface area (Å²) in [6, 6.07) is 46.6. The zero-order valence-electron chi connectivity index (χ0n) is 20.2. The van der Waals surface area contributed by atoms with Gasteiger partial charge in [-0.3, -0.25) is 0 Å². The van der Waals surface area contributed by atoms with Gasteiger partial charge >= 0.3 is 0 Å². The molecule has 1 atom stereocenters. The highest BCUT2D eigenvalue weighted by atomic mass is 14.5. The van der Waals surface area contributed by atoms with Gasteiger partial charge in [0.15, 0.2) is 0 Å². The molecule has 1 unspecified atom stereocenters. The minimum absolute atomic E-state index is 0. The SMILES string of the molecule is CCC1(Cc2ccccc2)c2ccccc2-c2ccc(-c3ccccc3)c(-c3ccccc3)c21.N. The van der Waals surface area contributed by atoms with Crippen LogP contribution in [0.1, 0.15) is 30.0 Å². The highest BCUT2D eigenvalue weighted by Crippen LogP contribution is 2.57. The molecule has 172 valence electrons. The minimum Gasteiger partial charge on any atom is -0.344 e. The van der Waals surface area contributed by atoms with Crippen molar-refractivity contribution in [2.45, 2.75) is 25.2 Å². The smallest absolute Gasteiger partial charge is 0.0259 e. The lowest BCUT2D eigenvalue weighted by Crippen LogP contribution is -2.28. The predicted octanol–water partition coefficient (Wildman–Crippen LogP) is 9.10. The number of fused-ring (bicyclic) bond motifs is 3. The molecule has 0 amide bonds. The van der Waals surface area contributed by atoms with E-state index in [2.05, 4.69) is 134 Å². The van der Waals surface area contributed by atoms with E-state index in [1.54, 1.807) is 0 Å². The second-order valence-electron chi connectivity index (χ2n) is 9.29. The van der Waals surface area contributed by atoms with E-state index in [0.29, 0.717) is 0 Å². The fourth-order valence-electron chi connectivity index (χ4n) is 5.98. The monoisotopic (exact) mass is 453 g/mol. The Morgan fingerprint density at radius 1 is 0.514 bits per heavy atom. The van der Waals surface area contributed by atoms with Crippen LogP contribution in [-0.4, -0.2) is 0 Å². The van der Waals surface area contributed by atoms with Gasteiger partial charge < -0.3 is 6.15 Å². The lowest BCUT2D eigenvalue weighted by Gasteiger charge is -2.34. The summed E-state index contributed by atoms with van der Waals surface area (Å²) in [6.45, 7) is 2.36. The Kier molecular flexibility index (Phi) is 6.11. The van der Waals surface area contributed by atoms with Gasteiger partial charge in [-0.25, -0.2) is 0 Å². The molecule has 0 saturated carbocycles. The number of hydrogen-bond donors (Lipinski definition) is 1. The van der Waals surface area contributed by atoms with Crippen molar-refractivity contribution in [1.29, 1.82) is 0 Å². The van der Waals surface area contributed by atoms with Gasteiger partial charge in [-0.05, 0) is 62.9 Å². The summed E-state index contributed by atoms with van der Waals surface area (Å²) in [5.41, 5.74) is 12.2. The molecular formula is C34H31N. The average Bonchev–Trinajstić information content (AvgIpc) is 3.20. The molecular weight excluding hydrogens is 422 g/mol. The third-order valence-corrected chi connectivity index (χ3v) is 7.52. The van der Waals surface area contributed by atoms with Crippen molar-refractivity contribution < 1.29 is 0 Å². The van der Waals surface area contributed by atoms with Crippen molar-refractivity contribution in [3.8, 4) is 33.4 Å². The lowest BCUT2D eigenvalue weighted by atomic mass is 9.68. The van der Waals surface area contributed by atoms with Crippen LogP contribution >= 0.6 is 0 Å². The fourth-order valence-corrected chi connectivity index (χ4v) is 5.98. The van der Waals surface area contributed by atoms with Crippen LogP contribution < -0.4 is 6.15 Å². The Morgan fingerprint density at radius 2 is 1.06 bits per heavy atom. The molecule has 0 radical (unpaired) electrons. The Hall–Kier alpha value is -3.94. The second kappa shape index (κ2) is 9.37. The highest BCUT2D eigenvalue weighted by molar-refractivity contribution is 5.96.